The average molecular weight is 278 g/mol. The Morgan fingerprint density at radius 2 is 1.95 bits per heavy atom. The topological polar surface area (TPSA) is 81.4 Å². The van der Waals surface area contributed by atoms with E-state index in [1.165, 1.54) is 0 Å². The van der Waals surface area contributed by atoms with Gasteiger partial charge in [-0.05, 0) is 43.5 Å². The van der Waals surface area contributed by atoms with Gasteiger partial charge in [0.15, 0.2) is 6.61 Å². The molecule has 0 saturated heterocycles. The molecule has 0 aromatic heterocycles. The lowest BCUT2D eigenvalue weighted by Gasteiger charge is -2.14. The summed E-state index contributed by atoms with van der Waals surface area (Å²) < 4.78 is 4.98. The molecule has 0 heterocycles. The number of esters is 1. The van der Waals surface area contributed by atoms with E-state index >= 15 is 0 Å². The summed E-state index contributed by atoms with van der Waals surface area (Å²) in [4.78, 5) is 23.4. The van der Waals surface area contributed by atoms with Gasteiger partial charge in [0.1, 0.15) is 0 Å². The Bertz CT molecular complexity index is 482. The number of hydrogen-bond donors (Lipinski definition) is 2. The molecule has 3 N–H and O–H groups in total. The van der Waals surface area contributed by atoms with Gasteiger partial charge in [0.2, 0.25) is 0 Å². The number of nitrogens with one attached hydrogen (secondary N) is 1. The quantitative estimate of drug-likeness (QED) is 0.616. The predicted molar refractivity (Wildman–Crippen MR) is 78.4 cm³/mol. The summed E-state index contributed by atoms with van der Waals surface area (Å²) in [6.45, 7) is 5.54. The molecule has 0 spiro atoms. The van der Waals surface area contributed by atoms with Crippen LogP contribution in [0.3, 0.4) is 0 Å². The fourth-order valence-corrected chi connectivity index (χ4v) is 1.78. The number of nitrogens with two attached hydrogens (primary N) is 1. The largest absolute Gasteiger partial charge is 0.452 e. The van der Waals surface area contributed by atoms with Gasteiger partial charge < -0.3 is 15.8 Å². The maximum atomic E-state index is 11.8. The van der Waals surface area contributed by atoms with Crippen molar-refractivity contribution in [1.82, 2.24) is 5.32 Å². The number of hydrogen-bond acceptors (Lipinski definition) is 4. The Morgan fingerprint density at radius 3 is 2.50 bits per heavy atom. The molecule has 5 nitrogen and oxygen atoms in total. The Morgan fingerprint density at radius 1 is 1.30 bits per heavy atom. The van der Waals surface area contributed by atoms with E-state index in [2.05, 4.69) is 5.32 Å². The van der Waals surface area contributed by atoms with Gasteiger partial charge in [-0.2, -0.15) is 0 Å². The minimum Gasteiger partial charge on any atom is -0.452 e. The zero-order valence-electron chi connectivity index (χ0n) is 12.2. The van der Waals surface area contributed by atoms with Crippen molar-refractivity contribution in [1.29, 1.82) is 0 Å². The molecule has 5 heteroatoms. The van der Waals surface area contributed by atoms with Crippen molar-refractivity contribution in [3.8, 4) is 0 Å². The number of ether oxygens (including phenoxy) is 1. The highest BCUT2D eigenvalue weighted by molar-refractivity contribution is 5.92. The number of benzene rings is 1. The molecule has 0 aliphatic heterocycles. The van der Waals surface area contributed by atoms with Crippen LogP contribution < -0.4 is 11.1 Å². The molecule has 1 rings (SSSR count). The van der Waals surface area contributed by atoms with Crippen molar-refractivity contribution in [2.45, 2.75) is 39.7 Å². The van der Waals surface area contributed by atoms with Crippen LogP contribution in [-0.4, -0.2) is 24.5 Å². The van der Waals surface area contributed by atoms with E-state index in [0.29, 0.717) is 11.3 Å². The first-order valence-corrected chi connectivity index (χ1v) is 6.80. The highest BCUT2D eigenvalue weighted by atomic mass is 16.5. The van der Waals surface area contributed by atoms with Crippen LogP contribution in [0, 0.1) is 6.92 Å². The lowest BCUT2D eigenvalue weighted by Crippen LogP contribution is -2.36. The number of nitrogen functional groups attached to an aromatic ring is 1. The average Bonchev–Trinajstić information content (AvgIpc) is 2.45. The monoisotopic (exact) mass is 278 g/mol. The standard InChI is InChI=1S/C15H22N2O3/c1-4-12(5-2)17-14(18)9-20-15(19)11-6-7-13(16)10(3)8-11/h6-8,12H,4-5,9,16H2,1-3H3,(H,17,18). The third-order valence-corrected chi connectivity index (χ3v) is 3.19. The number of rotatable bonds is 6. The fourth-order valence-electron chi connectivity index (χ4n) is 1.78. The summed E-state index contributed by atoms with van der Waals surface area (Å²) in [5, 5.41) is 2.81. The van der Waals surface area contributed by atoms with Crippen LogP contribution in [-0.2, 0) is 9.53 Å². The summed E-state index contributed by atoms with van der Waals surface area (Å²) in [5.74, 6) is -0.799. The van der Waals surface area contributed by atoms with Gasteiger partial charge in [0.25, 0.3) is 5.91 Å². The molecule has 1 amide bonds. The van der Waals surface area contributed by atoms with Gasteiger partial charge in [0.05, 0.1) is 5.56 Å². The van der Waals surface area contributed by atoms with E-state index < -0.39 is 5.97 Å². The minimum absolute atomic E-state index is 0.125. The van der Waals surface area contributed by atoms with Crippen LogP contribution in [0.4, 0.5) is 5.69 Å². The molecule has 0 bridgehead atoms. The van der Waals surface area contributed by atoms with Crippen LogP contribution in [0.25, 0.3) is 0 Å². The predicted octanol–water partition coefficient (Wildman–Crippen LogP) is 2.04. The van der Waals surface area contributed by atoms with Crippen molar-refractivity contribution in [3.63, 3.8) is 0 Å². The third-order valence-electron chi connectivity index (χ3n) is 3.19. The van der Waals surface area contributed by atoms with Crippen LogP contribution in [0.2, 0.25) is 0 Å². The Hall–Kier alpha value is -2.04. The highest BCUT2D eigenvalue weighted by Gasteiger charge is 2.13. The summed E-state index contributed by atoms with van der Waals surface area (Å²) in [5.41, 5.74) is 7.50. The summed E-state index contributed by atoms with van der Waals surface area (Å²) in [6, 6.07) is 5.01. The molecule has 0 aliphatic carbocycles. The van der Waals surface area contributed by atoms with E-state index in [4.69, 9.17) is 10.5 Å². The zero-order valence-corrected chi connectivity index (χ0v) is 12.2. The Labute approximate surface area is 119 Å². The second-order valence-corrected chi connectivity index (χ2v) is 4.73. The molecule has 1 aromatic carbocycles. The number of anilines is 1. The van der Waals surface area contributed by atoms with Crippen molar-refractivity contribution >= 4 is 17.6 Å². The molecule has 0 unspecified atom stereocenters. The molecule has 20 heavy (non-hydrogen) atoms. The van der Waals surface area contributed by atoms with E-state index in [9.17, 15) is 9.59 Å². The van der Waals surface area contributed by atoms with Crippen LogP contribution >= 0.6 is 0 Å². The molecule has 110 valence electrons. The highest BCUT2D eigenvalue weighted by Crippen LogP contribution is 2.13. The van der Waals surface area contributed by atoms with E-state index in [1.807, 2.05) is 20.8 Å². The van der Waals surface area contributed by atoms with Gasteiger partial charge in [-0.25, -0.2) is 4.79 Å². The number of aryl methyl sites for hydroxylation is 1. The molecule has 0 radical (unpaired) electrons. The molecular formula is C15H22N2O3. The van der Waals surface area contributed by atoms with Crippen molar-refractivity contribution in [2.75, 3.05) is 12.3 Å². The van der Waals surface area contributed by atoms with Gasteiger partial charge in [0, 0.05) is 11.7 Å². The summed E-state index contributed by atoms with van der Waals surface area (Å²) in [7, 11) is 0. The van der Waals surface area contributed by atoms with Gasteiger partial charge in [-0.15, -0.1) is 0 Å². The third kappa shape index (κ3) is 4.57. The van der Waals surface area contributed by atoms with Gasteiger partial charge in [-0.1, -0.05) is 13.8 Å². The molecule has 0 saturated carbocycles. The second-order valence-electron chi connectivity index (χ2n) is 4.73. The van der Waals surface area contributed by atoms with Crippen molar-refractivity contribution in [2.24, 2.45) is 0 Å². The summed E-state index contributed by atoms with van der Waals surface area (Å²) >= 11 is 0. The van der Waals surface area contributed by atoms with Gasteiger partial charge >= 0.3 is 5.97 Å². The van der Waals surface area contributed by atoms with E-state index in [0.717, 1.165) is 18.4 Å². The molecular weight excluding hydrogens is 256 g/mol. The minimum atomic E-state index is -0.521. The number of carbonyl (C=O) groups excluding carboxylic acids is 2. The molecule has 0 atom stereocenters. The normalized spacial score (nSPS) is 10.4. The summed E-state index contributed by atoms with van der Waals surface area (Å²) in [6.07, 6.45) is 1.71. The van der Waals surface area contributed by atoms with Gasteiger partial charge in [-0.3, -0.25) is 4.79 Å². The van der Waals surface area contributed by atoms with Crippen molar-refractivity contribution < 1.29 is 14.3 Å². The first-order valence-electron chi connectivity index (χ1n) is 6.80. The van der Waals surface area contributed by atoms with Crippen LogP contribution in [0.15, 0.2) is 18.2 Å². The first-order chi connectivity index (χ1) is 9.47. The maximum absolute atomic E-state index is 11.8. The Balaban J connectivity index is 2.50. The fraction of sp³-hybridized carbons (Fsp3) is 0.467. The van der Waals surface area contributed by atoms with E-state index in [-0.39, 0.29) is 18.6 Å². The van der Waals surface area contributed by atoms with Crippen molar-refractivity contribution in [3.05, 3.63) is 29.3 Å². The number of amides is 1. The smallest absolute Gasteiger partial charge is 0.338 e. The first kappa shape index (κ1) is 16.0. The lowest BCUT2D eigenvalue weighted by atomic mass is 10.1. The molecule has 1 aromatic rings. The zero-order chi connectivity index (χ0) is 15.1. The second kappa shape index (κ2) is 7.53. The maximum Gasteiger partial charge on any atom is 0.338 e. The lowest BCUT2D eigenvalue weighted by molar-refractivity contribution is -0.125. The van der Waals surface area contributed by atoms with Crippen LogP contribution in [0.1, 0.15) is 42.6 Å². The van der Waals surface area contributed by atoms with E-state index in [1.54, 1.807) is 18.2 Å². The van der Waals surface area contributed by atoms with Crippen LogP contribution in [0.5, 0.6) is 0 Å². The Kier molecular flexibility index (Phi) is 6.03. The molecule has 0 aliphatic rings. The molecule has 0 fully saturated rings. The SMILES string of the molecule is CCC(CC)NC(=O)COC(=O)c1ccc(N)c(C)c1. The number of carbonyl (C=O) groups is 2.